The summed E-state index contributed by atoms with van der Waals surface area (Å²) in [5.41, 5.74) is 1.08. The van der Waals surface area contributed by atoms with Gasteiger partial charge in [0.2, 0.25) is 0 Å². The molecule has 0 heteroatoms. The highest BCUT2D eigenvalue weighted by Crippen LogP contribution is 2.06. The fourth-order valence-corrected chi connectivity index (χ4v) is 0.802. The monoisotopic (exact) mass is 125 g/mol. The van der Waals surface area contributed by atoms with E-state index >= 15 is 0 Å². The summed E-state index contributed by atoms with van der Waals surface area (Å²) in [6.07, 6.45) is 6.39. The van der Waals surface area contributed by atoms with Gasteiger partial charge in [-0.2, -0.15) is 0 Å². The zero-order valence-corrected chi connectivity index (χ0v) is 6.45. The lowest BCUT2D eigenvalue weighted by atomic mass is 10.1. The van der Waals surface area contributed by atoms with E-state index in [1.807, 2.05) is 0 Å². The molecule has 52 valence electrons. The Kier molecular flexibility index (Phi) is 5.49. The molecule has 0 saturated heterocycles. The molecule has 0 atom stereocenters. The quantitative estimate of drug-likeness (QED) is 0.390. The van der Waals surface area contributed by atoms with E-state index in [0.717, 1.165) is 12.0 Å². The van der Waals surface area contributed by atoms with E-state index in [0.29, 0.717) is 0 Å². The van der Waals surface area contributed by atoms with Crippen molar-refractivity contribution in [1.82, 2.24) is 0 Å². The van der Waals surface area contributed by atoms with Crippen LogP contribution in [0.1, 0.15) is 39.0 Å². The van der Waals surface area contributed by atoms with Gasteiger partial charge < -0.3 is 0 Å². The van der Waals surface area contributed by atoms with Gasteiger partial charge in [0.15, 0.2) is 0 Å². The number of rotatable bonds is 5. The molecule has 0 rings (SSSR count). The van der Waals surface area contributed by atoms with Crippen LogP contribution in [-0.2, 0) is 0 Å². The van der Waals surface area contributed by atoms with Crippen molar-refractivity contribution in [2.45, 2.75) is 39.0 Å². The van der Waals surface area contributed by atoms with Crippen LogP contribution < -0.4 is 0 Å². The Hall–Kier alpha value is -0.390. The van der Waals surface area contributed by atoms with E-state index in [2.05, 4.69) is 20.4 Å². The van der Waals surface area contributed by atoms with E-state index in [1.54, 1.807) is 0 Å². The smallest absolute Gasteiger partial charge is 0.0654 e. The molecule has 0 saturated carbocycles. The molecule has 0 radical (unpaired) electrons. The molecule has 0 aromatic carbocycles. The molecule has 0 fully saturated rings. The van der Waals surface area contributed by atoms with Crippen LogP contribution in [-0.4, -0.2) is 0 Å². The number of hydrogen-bond donors (Lipinski definition) is 0. The molecule has 0 nitrogen and oxygen atoms in total. The Labute approximate surface area is 59.0 Å². The third-order valence-corrected chi connectivity index (χ3v) is 1.38. The lowest BCUT2D eigenvalue weighted by Gasteiger charge is -1.93. The standard InChI is InChI=1S/C9H17/c1-4-5-6-7-8-9(2)3/h2-8H2,1H3/q+1. The van der Waals surface area contributed by atoms with Crippen molar-refractivity contribution in [1.29, 1.82) is 0 Å². The van der Waals surface area contributed by atoms with Crippen LogP contribution in [0.5, 0.6) is 0 Å². The van der Waals surface area contributed by atoms with Crippen molar-refractivity contribution in [3.8, 4) is 0 Å². The number of hydrogen-bond acceptors (Lipinski definition) is 0. The van der Waals surface area contributed by atoms with E-state index < -0.39 is 0 Å². The minimum absolute atomic E-state index is 1.08. The average molecular weight is 125 g/mol. The van der Waals surface area contributed by atoms with E-state index in [9.17, 15) is 0 Å². The molecular formula is C9H17+. The van der Waals surface area contributed by atoms with Crippen LogP contribution in [0.3, 0.4) is 0 Å². The summed E-state index contributed by atoms with van der Waals surface area (Å²) < 4.78 is 0. The molecule has 0 aliphatic rings. The Morgan fingerprint density at radius 3 is 2.44 bits per heavy atom. The Bertz CT molecular complexity index is 72.1. The van der Waals surface area contributed by atoms with Crippen LogP contribution in [0.15, 0.2) is 12.2 Å². The fourth-order valence-electron chi connectivity index (χ4n) is 0.802. The van der Waals surface area contributed by atoms with Crippen LogP contribution in [0.25, 0.3) is 0 Å². The predicted molar refractivity (Wildman–Crippen MR) is 43.3 cm³/mol. The van der Waals surface area contributed by atoms with Gasteiger partial charge in [-0.15, -0.1) is 0 Å². The molecule has 0 heterocycles. The van der Waals surface area contributed by atoms with Gasteiger partial charge in [0.05, 0.1) is 5.57 Å². The molecule has 0 aromatic heterocycles. The van der Waals surface area contributed by atoms with Crippen LogP contribution >= 0.6 is 0 Å². The van der Waals surface area contributed by atoms with Crippen LogP contribution in [0.2, 0.25) is 0 Å². The molecule has 0 spiro atoms. The highest BCUT2D eigenvalue weighted by atomic mass is 13.9. The molecule has 0 amide bonds. The van der Waals surface area contributed by atoms with E-state index in [1.165, 1.54) is 25.7 Å². The first-order valence-electron chi connectivity index (χ1n) is 3.77. The summed E-state index contributed by atoms with van der Waals surface area (Å²) in [6.45, 7) is 9.70. The largest absolute Gasteiger partial charge is 0.0964 e. The van der Waals surface area contributed by atoms with Crippen molar-refractivity contribution in [2.24, 2.45) is 0 Å². The van der Waals surface area contributed by atoms with E-state index in [4.69, 9.17) is 0 Å². The number of unbranched alkanes of at least 4 members (excludes halogenated alkanes) is 3. The molecule has 0 aromatic rings. The van der Waals surface area contributed by atoms with Gasteiger partial charge in [-0.05, 0) is 6.42 Å². The summed E-state index contributed by atoms with van der Waals surface area (Å²) in [4.78, 5) is 0. The molecule has 0 bridgehead atoms. The zero-order chi connectivity index (χ0) is 7.11. The van der Waals surface area contributed by atoms with Crippen LogP contribution in [0.4, 0.5) is 0 Å². The second-order valence-electron chi connectivity index (χ2n) is 2.56. The summed E-state index contributed by atoms with van der Waals surface area (Å²) in [7, 11) is 0. The SMILES string of the molecule is C=C([CH2+])CCCCCC. The Morgan fingerprint density at radius 2 is 2.00 bits per heavy atom. The fraction of sp³-hybridized carbons (Fsp3) is 0.667. The highest BCUT2D eigenvalue weighted by Gasteiger charge is 1.91. The highest BCUT2D eigenvalue weighted by molar-refractivity contribution is 4.96. The maximum absolute atomic E-state index is 3.74. The predicted octanol–water partition coefficient (Wildman–Crippen LogP) is 3.35. The molecule has 0 N–H and O–H groups in total. The second kappa shape index (κ2) is 5.74. The second-order valence-corrected chi connectivity index (χ2v) is 2.56. The maximum atomic E-state index is 3.74. The molecule has 9 heavy (non-hydrogen) atoms. The lowest BCUT2D eigenvalue weighted by Crippen LogP contribution is -1.77. The van der Waals surface area contributed by atoms with Crippen molar-refractivity contribution >= 4 is 0 Å². The molecule has 0 aliphatic heterocycles. The lowest BCUT2D eigenvalue weighted by molar-refractivity contribution is 0.668. The first-order chi connectivity index (χ1) is 4.27. The van der Waals surface area contributed by atoms with Gasteiger partial charge in [0, 0.05) is 19.9 Å². The van der Waals surface area contributed by atoms with Gasteiger partial charge in [-0.3, -0.25) is 0 Å². The summed E-state index contributed by atoms with van der Waals surface area (Å²) in [5.74, 6) is 0. The minimum Gasteiger partial charge on any atom is -0.0654 e. The molecule has 0 unspecified atom stereocenters. The van der Waals surface area contributed by atoms with E-state index in [-0.39, 0.29) is 0 Å². The Morgan fingerprint density at radius 1 is 1.33 bits per heavy atom. The summed E-state index contributed by atoms with van der Waals surface area (Å²) in [5, 5.41) is 0. The first kappa shape index (κ1) is 8.61. The first-order valence-corrected chi connectivity index (χ1v) is 3.77. The third-order valence-electron chi connectivity index (χ3n) is 1.38. The van der Waals surface area contributed by atoms with Crippen LogP contribution in [0, 0.1) is 6.92 Å². The van der Waals surface area contributed by atoms with Gasteiger partial charge in [-0.25, -0.2) is 0 Å². The normalized spacial score (nSPS) is 9.44. The molecular weight excluding hydrogens is 108 g/mol. The summed E-state index contributed by atoms with van der Waals surface area (Å²) >= 11 is 0. The Balaban J connectivity index is 2.83. The van der Waals surface area contributed by atoms with Crippen molar-refractivity contribution in [2.75, 3.05) is 0 Å². The van der Waals surface area contributed by atoms with Crippen molar-refractivity contribution < 1.29 is 0 Å². The zero-order valence-electron chi connectivity index (χ0n) is 6.45. The maximum Gasteiger partial charge on any atom is 0.0964 e. The van der Waals surface area contributed by atoms with Gasteiger partial charge in [0.25, 0.3) is 0 Å². The summed E-state index contributed by atoms with van der Waals surface area (Å²) in [6, 6.07) is 0. The topological polar surface area (TPSA) is 0 Å². The van der Waals surface area contributed by atoms with Crippen molar-refractivity contribution in [3.05, 3.63) is 19.1 Å². The molecule has 0 aliphatic carbocycles. The third kappa shape index (κ3) is 7.61. The minimum atomic E-state index is 1.08. The van der Waals surface area contributed by atoms with Crippen molar-refractivity contribution in [3.63, 3.8) is 0 Å². The van der Waals surface area contributed by atoms with Gasteiger partial charge in [0.1, 0.15) is 0 Å². The van der Waals surface area contributed by atoms with Gasteiger partial charge >= 0.3 is 0 Å². The average Bonchev–Trinajstić information content (AvgIpc) is 1.80. The van der Waals surface area contributed by atoms with Gasteiger partial charge in [-0.1, -0.05) is 26.2 Å². The number of allylic oxidation sites excluding steroid dienone is 1.